The SMILES string of the molecule is O=C(c1csc(-c2cccnc2)c1)c1csc(-c2cccnc2)c1. The Kier molecular flexibility index (Phi) is 4.02. The van der Waals surface area contributed by atoms with Gasteiger partial charge in [-0.15, -0.1) is 22.7 Å². The summed E-state index contributed by atoms with van der Waals surface area (Å²) in [5, 5.41) is 3.82. The van der Waals surface area contributed by atoms with Gasteiger partial charge in [0.1, 0.15) is 0 Å². The number of carbonyl (C=O) groups is 1. The van der Waals surface area contributed by atoms with Gasteiger partial charge in [-0.3, -0.25) is 14.8 Å². The Morgan fingerprint density at radius 1 is 0.792 bits per heavy atom. The van der Waals surface area contributed by atoms with E-state index in [1.807, 2.05) is 59.6 Å². The Hall–Kier alpha value is -2.63. The average Bonchev–Trinajstić information content (AvgIpc) is 3.33. The van der Waals surface area contributed by atoms with E-state index in [0.29, 0.717) is 0 Å². The third kappa shape index (κ3) is 2.91. The molecule has 3 nitrogen and oxygen atoms in total. The molecule has 0 amide bonds. The summed E-state index contributed by atoms with van der Waals surface area (Å²) in [6.07, 6.45) is 7.11. The largest absolute Gasteiger partial charge is 0.289 e. The van der Waals surface area contributed by atoms with Crippen LogP contribution in [0.4, 0.5) is 0 Å². The highest BCUT2D eigenvalue weighted by Gasteiger charge is 2.14. The van der Waals surface area contributed by atoms with Crippen molar-refractivity contribution < 1.29 is 4.79 Å². The van der Waals surface area contributed by atoms with Crippen molar-refractivity contribution in [1.29, 1.82) is 0 Å². The summed E-state index contributed by atoms with van der Waals surface area (Å²) in [4.78, 5) is 23.1. The molecule has 0 bridgehead atoms. The van der Waals surface area contributed by atoms with E-state index in [4.69, 9.17) is 0 Å². The Balaban J connectivity index is 1.61. The summed E-state index contributed by atoms with van der Waals surface area (Å²) in [7, 11) is 0. The van der Waals surface area contributed by atoms with Crippen molar-refractivity contribution in [2.45, 2.75) is 0 Å². The number of carbonyl (C=O) groups excluding carboxylic acids is 1. The smallest absolute Gasteiger partial charge is 0.194 e. The fourth-order valence-electron chi connectivity index (χ4n) is 2.40. The van der Waals surface area contributed by atoms with E-state index in [1.54, 1.807) is 35.1 Å². The number of rotatable bonds is 4. The van der Waals surface area contributed by atoms with E-state index in [1.165, 1.54) is 0 Å². The summed E-state index contributed by atoms with van der Waals surface area (Å²) >= 11 is 3.12. The van der Waals surface area contributed by atoms with Gasteiger partial charge >= 0.3 is 0 Å². The average molecular weight is 348 g/mol. The molecule has 0 unspecified atom stereocenters. The van der Waals surface area contributed by atoms with E-state index in [-0.39, 0.29) is 5.78 Å². The molecule has 4 aromatic rings. The lowest BCUT2D eigenvalue weighted by Gasteiger charge is -1.95. The van der Waals surface area contributed by atoms with E-state index in [9.17, 15) is 4.79 Å². The van der Waals surface area contributed by atoms with Crippen molar-refractivity contribution in [2.24, 2.45) is 0 Å². The molecule has 5 heteroatoms. The molecule has 0 atom stereocenters. The molecule has 4 heterocycles. The highest BCUT2D eigenvalue weighted by atomic mass is 32.1. The maximum atomic E-state index is 12.7. The third-order valence-electron chi connectivity index (χ3n) is 3.62. The molecule has 0 aliphatic heterocycles. The molecular weight excluding hydrogens is 336 g/mol. The van der Waals surface area contributed by atoms with Gasteiger partial charge in [0.15, 0.2) is 5.78 Å². The Morgan fingerprint density at radius 2 is 1.29 bits per heavy atom. The van der Waals surface area contributed by atoms with Crippen LogP contribution in [0.1, 0.15) is 15.9 Å². The quantitative estimate of drug-likeness (QED) is 0.478. The number of ketones is 1. The van der Waals surface area contributed by atoms with E-state index >= 15 is 0 Å². The zero-order chi connectivity index (χ0) is 16.4. The minimum atomic E-state index is 0.0489. The van der Waals surface area contributed by atoms with Gasteiger partial charge in [-0.1, -0.05) is 12.1 Å². The molecule has 0 saturated carbocycles. The molecule has 4 rings (SSSR count). The highest BCUT2D eigenvalue weighted by Crippen LogP contribution is 2.31. The standard InChI is InChI=1S/C19H12N2OS2/c22-19(15-7-17(23-11-15)13-3-1-5-20-9-13)16-8-18(24-12-16)14-4-2-6-21-10-14/h1-12H. The summed E-state index contributed by atoms with van der Waals surface area (Å²) in [6, 6.07) is 11.7. The van der Waals surface area contributed by atoms with Crippen LogP contribution < -0.4 is 0 Å². The molecule has 0 radical (unpaired) electrons. The summed E-state index contributed by atoms with van der Waals surface area (Å²) in [5.74, 6) is 0.0489. The van der Waals surface area contributed by atoms with Crippen molar-refractivity contribution in [2.75, 3.05) is 0 Å². The molecule has 0 aliphatic carbocycles. The van der Waals surface area contributed by atoms with Crippen LogP contribution in [0.2, 0.25) is 0 Å². The molecule has 24 heavy (non-hydrogen) atoms. The third-order valence-corrected chi connectivity index (χ3v) is 5.57. The minimum absolute atomic E-state index is 0.0489. The Bertz CT molecular complexity index is 895. The number of hydrogen-bond donors (Lipinski definition) is 0. The van der Waals surface area contributed by atoms with Crippen LogP contribution in [0, 0.1) is 0 Å². The lowest BCUT2D eigenvalue weighted by Crippen LogP contribution is -1.96. The number of aromatic nitrogens is 2. The first-order chi connectivity index (χ1) is 11.8. The van der Waals surface area contributed by atoms with Gasteiger partial charge < -0.3 is 0 Å². The van der Waals surface area contributed by atoms with Crippen LogP contribution in [0.3, 0.4) is 0 Å². The fraction of sp³-hybridized carbons (Fsp3) is 0. The summed E-state index contributed by atoms with van der Waals surface area (Å²) in [6.45, 7) is 0. The second-order valence-electron chi connectivity index (χ2n) is 5.21. The first-order valence-electron chi connectivity index (χ1n) is 7.34. The van der Waals surface area contributed by atoms with Crippen molar-refractivity contribution in [1.82, 2.24) is 9.97 Å². The van der Waals surface area contributed by atoms with Gasteiger partial charge in [0, 0.05) is 67.6 Å². The first kappa shape index (κ1) is 14.9. The highest BCUT2D eigenvalue weighted by molar-refractivity contribution is 7.14. The summed E-state index contributed by atoms with van der Waals surface area (Å²) < 4.78 is 0. The van der Waals surface area contributed by atoms with Gasteiger partial charge in [-0.2, -0.15) is 0 Å². The van der Waals surface area contributed by atoms with Crippen LogP contribution in [-0.4, -0.2) is 15.8 Å². The maximum Gasteiger partial charge on any atom is 0.194 e. The molecule has 0 spiro atoms. The van der Waals surface area contributed by atoms with E-state index in [0.717, 1.165) is 32.0 Å². The predicted octanol–water partition coefficient (Wildman–Crippen LogP) is 5.16. The predicted molar refractivity (Wildman–Crippen MR) is 98.5 cm³/mol. The lowest BCUT2D eigenvalue weighted by molar-refractivity contribution is 0.103. The van der Waals surface area contributed by atoms with Gasteiger partial charge in [0.25, 0.3) is 0 Å². The first-order valence-corrected chi connectivity index (χ1v) is 9.10. The maximum absolute atomic E-state index is 12.7. The number of thiophene rings is 2. The number of hydrogen-bond acceptors (Lipinski definition) is 5. The zero-order valence-corrected chi connectivity index (χ0v) is 14.2. The molecule has 0 aliphatic rings. The van der Waals surface area contributed by atoms with Gasteiger partial charge in [0.05, 0.1) is 0 Å². The van der Waals surface area contributed by atoms with Crippen LogP contribution in [0.5, 0.6) is 0 Å². The fourth-order valence-corrected chi connectivity index (χ4v) is 4.16. The molecule has 0 aromatic carbocycles. The lowest BCUT2D eigenvalue weighted by atomic mass is 10.1. The molecule has 4 aromatic heterocycles. The molecule has 0 fully saturated rings. The zero-order valence-electron chi connectivity index (χ0n) is 12.5. The monoisotopic (exact) mass is 348 g/mol. The van der Waals surface area contributed by atoms with Crippen molar-refractivity contribution in [3.63, 3.8) is 0 Å². The van der Waals surface area contributed by atoms with Crippen LogP contribution >= 0.6 is 22.7 Å². The van der Waals surface area contributed by atoms with Gasteiger partial charge in [-0.05, 0) is 24.3 Å². The molecule has 116 valence electrons. The van der Waals surface area contributed by atoms with Gasteiger partial charge in [-0.25, -0.2) is 0 Å². The van der Waals surface area contributed by atoms with E-state index < -0.39 is 0 Å². The van der Waals surface area contributed by atoms with Gasteiger partial charge in [0.2, 0.25) is 0 Å². The molecule has 0 N–H and O–H groups in total. The van der Waals surface area contributed by atoms with Crippen LogP contribution in [0.25, 0.3) is 20.9 Å². The van der Waals surface area contributed by atoms with Crippen LogP contribution in [-0.2, 0) is 0 Å². The topological polar surface area (TPSA) is 42.9 Å². The number of nitrogens with zero attached hydrogens (tertiary/aromatic N) is 2. The second kappa shape index (κ2) is 6.47. The number of pyridine rings is 2. The van der Waals surface area contributed by atoms with Crippen molar-refractivity contribution in [3.05, 3.63) is 83.1 Å². The van der Waals surface area contributed by atoms with E-state index in [2.05, 4.69) is 9.97 Å². The Morgan fingerprint density at radius 3 is 1.71 bits per heavy atom. The normalized spacial score (nSPS) is 10.7. The second-order valence-corrected chi connectivity index (χ2v) is 7.03. The Labute approximate surface area is 147 Å². The molecular formula is C19H12N2OS2. The summed E-state index contributed by atoms with van der Waals surface area (Å²) in [5.41, 5.74) is 3.50. The minimum Gasteiger partial charge on any atom is -0.289 e. The van der Waals surface area contributed by atoms with Crippen LogP contribution in [0.15, 0.2) is 71.9 Å². The van der Waals surface area contributed by atoms with Crippen molar-refractivity contribution in [3.8, 4) is 20.9 Å². The molecule has 0 saturated heterocycles. The van der Waals surface area contributed by atoms with Crippen molar-refractivity contribution >= 4 is 28.5 Å².